The van der Waals surface area contributed by atoms with E-state index in [1.54, 1.807) is 0 Å². The van der Waals surface area contributed by atoms with Crippen molar-refractivity contribution in [1.29, 1.82) is 0 Å². The van der Waals surface area contributed by atoms with Gasteiger partial charge in [-0.05, 0) is 18.4 Å². The predicted octanol–water partition coefficient (Wildman–Crippen LogP) is 2.90. The zero-order valence-corrected chi connectivity index (χ0v) is 11.7. The highest BCUT2D eigenvalue weighted by Crippen LogP contribution is 2.19. The van der Waals surface area contributed by atoms with E-state index in [1.807, 2.05) is 16.9 Å². The molecule has 4 heteroatoms. The van der Waals surface area contributed by atoms with E-state index in [-0.39, 0.29) is 0 Å². The first-order chi connectivity index (χ1) is 9.90. The zero-order valence-electron chi connectivity index (χ0n) is 11.7. The first-order valence-electron chi connectivity index (χ1n) is 7.34. The third-order valence-corrected chi connectivity index (χ3v) is 3.70. The summed E-state index contributed by atoms with van der Waals surface area (Å²) in [4.78, 5) is 5.65. The molecule has 1 aromatic heterocycles. The molecule has 0 aliphatic heterocycles. The summed E-state index contributed by atoms with van der Waals surface area (Å²) >= 11 is 0. The Labute approximate surface area is 119 Å². The number of benzene rings is 1. The van der Waals surface area contributed by atoms with Gasteiger partial charge in [-0.15, -0.1) is 0 Å². The van der Waals surface area contributed by atoms with Crippen LogP contribution in [0.1, 0.15) is 36.8 Å². The lowest BCUT2D eigenvalue weighted by Gasteiger charge is -2.10. The molecule has 0 spiro atoms. The lowest BCUT2D eigenvalue weighted by atomic mass is 10.2. The van der Waals surface area contributed by atoms with Crippen molar-refractivity contribution in [3.8, 4) is 0 Å². The number of hydrogen-bond acceptors (Lipinski definition) is 3. The van der Waals surface area contributed by atoms with Crippen molar-refractivity contribution in [2.45, 2.75) is 44.9 Å². The average Bonchev–Trinajstić information content (AvgIpc) is 3.12. The molecule has 1 aromatic carbocycles. The molecule has 2 aromatic rings. The van der Waals surface area contributed by atoms with Gasteiger partial charge in [-0.1, -0.05) is 43.2 Å². The highest BCUT2D eigenvalue weighted by atomic mass is 16.7. The largest absolute Gasteiger partial charge is 0.298 e. The summed E-state index contributed by atoms with van der Waals surface area (Å²) in [5.74, 6) is 0. The lowest BCUT2D eigenvalue weighted by Crippen LogP contribution is -2.21. The average molecular weight is 271 g/mol. The standard InChI is InChI=1S/C16H21N3O/c1-2-6-14(7-3-1)12-19-13-15(10-17-19)11-18-20-16-8-4-5-9-16/h1-3,6-7,10,13,16,18H,4-5,8-9,11-12H2. The smallest absolute Gasteiger partial charge is 0.0790 e. The van der Waals surface area contributed by atoms with Gasteiger partial charge in [0.25, 0.3) is 0 Å². The minimum atomic E-state index is 0.398. The van der Waals surface area contributed by atoms with E-state index in [2.05, 4.69) is 41.0 Å². The van der Waals surface area contributed by atoms with Gasteiger partial charge < -0.3 is 0 Å². The van der Waals surface area contributed by atoms with Gasteiger partial charge >= 0.3 is 0 Å². The van der Waals surface area contributed by atoms with Crippen molar-refractivity contribution in [2.24, 2.45) is 0 Å². The van der Waals surface area contributed by atoms with Gasteiger partial charge in [0.2, 0.25) is 0 Å². The summed E-state index contributed by atoms with van der Waals surface area (Å²) in [5.41, 5.74) is 5.48. The van der Waals surface area contributed by atoms with E-state index in [1.165, 1.54) is 31.2 Å². The molecule has 0 unspecified atom stereocenters. The number of hydrogen-bond donors (Lipinski definition) is 1. The summed E-state index contributed by atoms with van der Waals surface area (Å²) < 4.78 is 1.96. The second-order valence-corrected chi connectivity index (χ2v) is 5.38. The van der Waals surface area contributed by atoms with Crippen LogP contribution in [0.15, 0.2) is 42.7 Å². The van der Waals surface area contributed by atoms with Crippen LogP contribution in [0, 0.1) is 0 Å². The summed E-state index contributed by atoms with van der Waals surface area (Å²) in [7, 11) is 0. The summed E-state index contributed by atoms with van der Waals surface area (Å²) in [6, 6.07) is 10.4. The molecule has 0 atom stereocenters. The Balaban J connectivity index is 1.46. The summed E-state index contributed by atoms with van der Waals surface area (Å²) in [5, 5.41) is 4.38. The van der Waals surface area contributed by atoms with E-state index in [9.17, 15) is 0 Å². The molecule has 3 rings (SSSR count). The number of hydroxylamine groups is 1. The van der Waals surface area contributed by atoms with E-state index < -0.39 is 0 Å². The fraction of sp³-hybridized carbons (Fsp3) is 0.438. The molecule has 0 bridgehead atoms. The van der Waals surface area contributed by atoms with Gasteiger partial charge in [-0.2, -0.15) is 10.6 Å². The molecule has 1 aliphatic rings. The number of nitrogens with zero attached hydrogens (tertiary/aromatic N) is 2. The number of nitrogens with one attached hydrogen (secondary N) is 1. The minimum absolute atomic E-state index is 0.398. The van der Waals surface area contributed by atoms with Crippen molar-refractivity contribution in [3.63, 3.8) is 0 Å². The molecule has 0 saturated heterocycles. The monoisotopic (exact) mass is 271 g/mol. The first kappa shape index (κ1) is 13.3. The second kappa shape index (κ2) is 6.68. The Kier molecular flexibility index (Phi) is 4.46. The first-order valence-corrected chi connectivity index (χ1v) is 7.34. The maximum Gasteiger partial charge on any atom is 0.0790 e. The molecule has 1 fully saturated rings. The van der Waals surface area contributed by atoms with Gasteiger partial charge in [0, 0.05) is 18.3 Å². The van der Waals surface area contributed by atoms with Crippen molar-refractivity contribution >= 4 is 0 Å². The Bertz CT molecular complexity index is 518. The van der Waals surface area contributed by atoms with Crippen LogP contribution < -0.4 is 5.48 Å². The lowest BCUT2D eigenvalue weighted by molar-refractivity contribution is -0.0244. The topological polar surface area (TPSA) is 39.1 Å². The molecular weight excluding hydrogens is 250 g/mol. The van der Waals surface area contributed by atoms with E-state index in [4.69, 9.17) is 4.84 Å². The number of aromatic nitrogens is 2. The second-order valence-electron chi connectivity index (χ2n) is 5.38. The van der Waals surface area contributed by atoms with Crippen molar-refractivity contribution in [3.05, 3.63) is 53.9 Å². The van der Waals surface area contributed by atoms with Crippen LogP contribution in [0.2, 0.25) is 0 Å². The van der Waals surface area contributed by atoms with Gasteiger partial charge in [-0.25, -0.2) is 0 Å². The van der Waals surface area contributed by atoms with Crippen molar-refractivity contribution < 1.29 is 4.84 Å². The normalized spacial score (nSPS) is 15.8. The predicted molar refractivity (Wildman–Crippen MR) is 78.0 cm³/mol. The summed E-state index contributed by atoms with van der Waals surface area (Å²) in [6.45, 7) is 1.52. The van der Waals surface area contributed by atoms with Crippen LogP contribution in [0.4, 0.5) is 0 Å². The van der Waals surface area contributed by atoms with Gasteiger partial charge in [0.1, 0.15) is 0 Å². The quantitative estimate of drug-likeness (QED) is 0.821. The highest BCUT2D eigenvalue weighted by molar-refractivity contribution is 5.15. The van der Waals surface area contributed by atoms with Crippen LogP contribution in [-0.4, -0.2) is 15.9 Å². The Morgan fingerprint density at radius 1 is 1.15 bits per heavy atom. The van der Waals surface area contributed by atoms with Crippen LogP contribution >= 0.6 is 0 Å². The van der Waals surface area contributed by atoms with Crippen LogP contribution in [0.3, 0.4) is 0 Å². The van der Waals surface area contributed by atoms with E-state index >= 15 is 0 Å². The molecule has 1 aliphatic carbocycles. The maximum atomic E-state index is 5.65. The maximum absolute atomic E-state index is 5.65. The molecular formula is C16H21N3O. The molecule has 0 radical (unpaired) electrons. The third kappa shape index (κ3) is 3.68. The van der Waals surface area contributed by atoms with Crippen molar-refractivity contribution in [1.82, 2.24) is 15.3 Å². The molecule has 4 nitrogen and oxygen atoms in total. The number of rotatable bonds is 6. The van der Waals surface area contributed by atoms with Gasteiger partial charge in [0.15, 0.2) is 0 Å². The fourth-order valence-corrected chi connectivity index (χ4v) is 2.60. The molecule has 1 N–H and O–H groups in total. The van der Waals surface area contributed by atoms with Crippen LogP contribution in [-0.2, 0) is 17.9 Å². The molecule has 106 valence electrons. The fourth-order valence-electron chi connectivity index (χ4n) is 2.60. The zero-order chi connectivity index (χ0) is 13.6. The minimum Gasteiger partial charge on any atom is -0.298 e. The SMILES string of the molecule is c1ccc(Cn2cc(CNOC3CCCC3)cn2)cc1. The molecule has 1 saturated carbocycles. The van der Waals surface area contributed by atoms with Crippen LogP contribution in [0.5, 0.6) is 0 Å². The van der Waals surface area contributed by atoms with Crippen LogP contribution in [0.25, 0.3) is 0 Å². The Morgan fingerprint density at radius 3 is 2.75 bits per heavy atom. The summed E-state index contributed by atoms with van der Waals surface area (Å²) in [6.07, 6.45) is 9.31. The molecule has 0 amide bonds. The van der Waals surface area contributed by atoms with Gasteiger partial charge in [0.05, 0.1) is 18.8 Å². The molecule has 20 heavy (non-hydrogen) atoms. The molecule has 1 heterocycles. The third-order valence-electron chi connectivity index (χ3n) is 3.70. The van der Waals surface area contributed by atoms with E-state index in [0.717, 1.165) is 12.1 Å². The Morgan fingerprint density at radius 2 is 1.95 bits per heavy atom. The van der Waals surface area contributed by atoms with Gasteiger partial charge in [-0.3, -0.25) is 9.52 Å². The van der Waals surface area contributed by atoms with E-state index in [0.29, 0.717) is 12.6 Å². The highest BCUT2D eigenvalue weighted by Gasteiger charge is 2.15. The Hall–Kier alpha value is -1.65. The van der Waals surface area contributed by atoms with Crippen molar-refractivity contribution in [2.75, 3.05) is 0 Å².